The fourth-order valence-corrected chi connectivity index (χ4v) is 2.19. The van der Waals surface area contributed by atoms with Crippen molar-refractivity contribution in [2.24, 2.45) is 5.10 Å². The molecule has 0 aliphatic rings. The first-order chi connectivity index (χ1) is 10.7. The molecule has 0 spiro atoms. The fraction of sp³-hybridized carbons (Fsp3) is 0. The number of nitrogens with one attached hydrogen (secondary N) is 2. The minimum atomic E-state index is -0.308. The number of H-pyrrole nitrogens is 1. The van der Waals surface area contributed by atoms with Gasteiger partial charge in [-0.25, -0.2) is 10.1 Å². The van der Waals surface area contributed by atoms with Gasteiger partial charge < -0.3 is 4.98 Å². The minimum Gasteiger partial charge on any atom is -0.356 e. The van der Waals surface area contributed by atoms with Crippen LogP contribution in [0.3, 0.4) is 0 Å². The van der Waals surface area contributed by atoms with Gasteiger partial charge in [-0.05, 0) is 34.1 Å². The van der Waals surface area contributed by atoms with Crippen LogP contribution in [0.1, 0.15) is 16.1 Å². The zero-order valence-corrected chi connectivity index (χ0v) is 13.0. The summed E-state index contributed by atoms with van der Waals surface area (Å²) in [6, 6.07) is 11.4. The number of amides is 1. The van der Waals surface area contributed by atoms with Crippen molar-refractivity contribution in [1.82, 2.24) is 20.2 Å². The van der Waals surface area contributed by atoms with Crippen LogP contribution in [-0.2, 0) is 0 Å². The summed E-state index contributed by atoms with van der Waals surface area (Å²) in [5.74, 6) is -0.308. The maximum atomic E-state index is 11.8. The lowest BCUT2D eigenvalue weighted by molar-refractivity contribution is 0.0951. The van der Waals surface area contributed by atoms with E-state index < -0.39 is 0 Å². The molecule has 0 fully saturated rings. The van der Waals surface area contributed by atoms with E-state index in [2.05, 4.69) is 36.5 Å². The van der Waals surface area contributed by atoms with Gasteiger partial charge in [0.1, 0.15) is 5.69 Å². The number of nitrogens with zero attached hydrogens (tertiary/aromatic N) is 3. The second kappa shape index (κ2) is 6.40. The molecule has 0 saturated carbocycles. The van der Waals surface area contributed by atoms with E-state index in [9.17, 15) is 4.79 Å². The zero-order chi connectivity index (χ0) is 15.4. The SMILES string of the molecule is O=C(N/N=C\c1cnn(-c2ccccc2)c1)c1cc(Br)c[nH]1. The number of hydrogen-bond acceptors (Lipinski definition) is 3. The Hall–Kier alpha value is -2.67. The predicted octanol–water partition coefficient (Wildman–Crippen LogP) is 2.73. The molecule has 0 unspecified atom stereocenters. The van der Waals surface area contributed by atoms with E-state index in [0.29, 0.717) is 5.69 Å². The number of carbonyl (C=O) groups excluding carboxylic acids is 1. The summed E-state index contributed by atoms with van der Waals surface area (Å²) >= 11 is 3.27. The lowest BCUT2D eigenvalue weighted by Crippen LogP contribution is -2.17. The normalized spacial score (nSPS) is 11.0. The van der Waals surface area contributed by atoms with Crippen molar-refractivity contribution in [3.05, 3.63) is 70.7 Å². The molecule has 0 saturated heterocycles. The van der Waals surface area contributed by atoms with Crippen molar-refractivity contribution in [2.45, 2.75) is 0 Å². The molecule has 2 N–H and O–H groups in total. The second-order valence-electron chi connectivity index (χ2n) is 4.48. The molecule has 3 rings (SSSR count). The van der Waals surface area contributed by atoms with Gasteiger partial charge in [0.2, 0.25) is 0 Å². The number of hydrazone groups is 1. The van der Waals surface area contributed by atoms with Crippen molar-refractivity contribution in [2.75, 3.05) is 0 Å². The molecular weight excluding hydrogens is 346 g/mol. The van der Waals surface area contributed by atoms with Crippen LogP contribution >= 0.6 is 15.9 Å². The summed E-state index contributed by atoms with van der Waals surface area (Å²) < 4.78 is 2.55. The number of benzene rings is 1. The molecule has 0 atom stereocenters. The van der Waals surface area contributed by atoms with Gasteiger partial charge >= 0.3 is 0 Å². The number of carbonyl (C=O) groups is 1. The highest BCUT2D eigenvalue weighted by Gasteiger charge is 2.06. The Morgan fingerprint density at radius 1 is 1.36 bits per heavy atom. The molecule has 0 aliphatic carbocycles. The predicted molar refractivity (Wildman–Crippen MR) is 87.1 cm³/mol. The summed E-state index contributed by atoms with van der Waals surface area (Å²) in [6.07, 6.45) is 6.73. The van der Waals surface area contributed by atoms with E-state index in [-0.39, 0.29) is 5.91 Å². The third kappa shape index (κ3) is 3.32. The topological polar surface area (TPSA) is 75.1 Å². The average Bonchev–Trinajstić information content (AvgIpc) is 3.17. The lowest BCUT2D eigenvalue weighted by atomic mass is 10.3. The van der Waals surface area contributed by atoms with Gasteiger partial charge in [-0.15, -0.1) is 0 Å². The molecule has 1 aromatic carbocycles. The van der Waals surface area contributed by atoms with Gasteiger partial charge in [0.05, 0.1) is 18.1 Å². The Bertz CT molecular complexity index is 806. The van der Waals surface area contributed by atoms with Crippen molar-refractivity contribution < 1.29 is 4.79 Å². The van der Waals surface area contributed by atoms with Crippen molar-refractivity contribution >= 4 is 28.1 Å². The third-order valence-corrected chi connectivity index (χ3v) is 3.35. The van der Waals surface area contributed by atoms with Gasteiger partial charge in [0, 0.05) is 22.4 Å². The quantitative estimate of drug-likeness (QED) is 0.556. The van der Waals surface area contributed by atoms with Gasteiger partial charge in [0.15, 0.2) is 0 Å². The van der Waals surface area contributed by atoms with E-state index in [1.165, 1.54) is 0 Å². The number of halogens is 1. The highest BCUT2D eigenvalue weighted by molar-refractivity contribution is 9.10. The van der Waals surface area contributed by atoms with Crippen LogP contribution in [0.5, 0.6) is 0 Å². The maximum absolute atomic E-state index is 11.8. The van der Waals surface area contributed by atoms with Gasteiger partial charge in [0.25, 0.3) is 5.91 Å². The molecule has 1 amide bonds. The molecular formula is C15H12BrN5O. The summed E-state index contributed by atoms with van der Waals surface area (Å²) in [6.45, 7) is 0. The molecule has 22 heavy (non-hydrogen) atoms. The van der Waals surface area contributed by atoms with Crippen molar-refractivity contribution in [1.29, 1.82) is 0 Å². The summed E-state index contributed by atoms with van der Waals surface area (Å²) in [5.41, 5.74) is 4.63. The molecule has 2 aromatic heterocycles. The first-order valence-electron chi connectivity index (χ1n) is 6.50. The largest absolute Gasteiger partial charge is 0.356 e. The molecule has 110 valence electrons. The van der Waals surface area contributed by atoms with Crippen LogP contribution in [0.15, 0.2) is 64.6 Å². The zero-order valence-electron chi connectivity index (χ0n) is 11.4. The average molecular weight is 358 g/mol. The molecule has 2 heterocycles. The number of hydrogen-bond donors (Lipinski definition) is 2. The monoisotopic (exact) mass is 357 g/mol. The molecule has 0 bridgehead atoms. The van der Waals surface area contributed by atoms with Gasteiger partial charge in [-0.3, -0.25) is 4.79 Å². The van der Waals surface area contributed by atoms with E-state index in [4.69, 9.17) is 0 Å². The van der Waals surface area contributed by atoms with E-state index in [1.54, 1.807) is 29.4 Å². The van der Waals surface area contributed by atoms with Gasteiger partial charge in [-0.1, -0.05) is 18.2 Å². The summed E-state index contributed by atoms with van der Waals surface area (Å²) in [5, 5.41) is 8.17. The van der Waals surface area contributed by atoms with Crippen LogP contribution in [-0.4, -0.2) is 26.9 Å². The Balaban J connectivity index is 1.64. The first kappa shape index (κ1) is 14.3. The summed E-state index contributed by atoms with van der Waals surface area (Å²) in [7, 11) is 0. The van der Waals surface area contributed by atoms with Crippen LogP contribution in [0.25, 0.3) is 5.69 Å². The molecule has 0 aliphatic heterocycles. The number of aromatic amines is 1. The Kier molecular flexibility index (Phi) is 4.15. The maximum Gasteiger partial charge on any atom is 0.287 e. The molecule has 0 radical (unpaired) electrons. The van der Waals surface area contributed by atoms with Crippen LogP contribution in [0.2, 0.25) is 0 Å². The second-order valence-corrected chi connectivity index (χ2v) is 5.40. The van der Waals surface area contributed by atoms with Crippen LogP contribution in [0.4, 0.5) is 0 Å². The Labute approximate surface area is 135 Å². The van der Waals surface area contributed by atoms with E-state index >= 15 is 0 Å². The van der Waals surface area contributed by atoms with Gasteiger partial charge in [-0.2, -0.15) is 10.2 Å². The third-order valence-electron chi connectivity index (χ3n) is 2.90. The minimum absolute atomic E-state index is 0.308. The lowest BCUT2D eigenvalue weighted by Gasteiger charge is -1.98. The standard InChI is InChI=1S/C15H12BrN5O/c16-12-6-14(17-9-12)15(22)20-18-7-11-8-19-21(10-11)13-4-2-1-3-5-13/h1-10,17H,(H,20,22)/b18-7-. The van der Waals surface area contributed by atoms with E-state index in [1.807, 2.05) is 36.5 Å². The molecule has 7 heteroatoms. The Morgan fingerprint density at radius 3 is 2.91 bits per heavy atom. The van der Waals surface area contributed by atoms with Crippen LogP contribution in [0, 0.1) is 0 Å². The van der Waals surface area contributed by atoms with E-state index in [0.717, 1.165) is 15.7 Å². The smallest absolute Gasteiger partial charge is 0.287 e. The number of aromatic nitrogens is 3. The van der Waals surface area contributed by atoms with Crippen LogP contribution < -0.4 is 5.43 Å². The van der Waals surface area contributed by atoms with Crippen molar-refractivity contribution in [3.8, 4) is 5.69 Å². The first-order valence-corrected chi connectivity index (χ1v) is 7.29. The van der Waals surface area contributed by atoms with Crippen molar-refractivity contribution in [3.63, 3.8) is 0 Å². The number of rotatable bonds is 4. The number of para-hydroxylation sites is 1. The summed E-state index contributed by atoms with van der Waals surface area (Å²) in [4.78, 5) is 14.6. The fourth-order valence-electron chi connectivity index (χ4n) is 1.85. The molecule has 3 aromatic rings. The molecule has 6 nitrogen and oxygen atoms in total. The highest BCUT2D eigenvalue weighted by atomic mass is 79.9. The highest BCUT2D eigenvalue weighted by Crippen LogP contribution is 2.10. The Morgan fingerprint density at radius 2 is 2.18 bits per heavy atom.